The van der Waals surface area contributed by atoms with Gasteiger partial charge in [-0.3, -0.25) is 0 Å². The second-order valence-corrected chi connectivity index (χ2v) is 19.4. The van der Waals surface area contributed by atoms with Gasteiger partial charge >= 0.3 is 10.8 Å². The number of rotatable bonds is 73. The number of benzene rings is 1. The fourth-order valence-electron chi connectivity index (χ4n) is 7.03. The molecule has 84 heavy (non-hydrogen) atoms. The van der Waals surface area contributed by atoms with E-state index in [1.807, 2.05) is 6.08 Å². The van der Waals surface area contributed by atoms with Crippen LogP contribution in [0.15, 0.2) is 30.9 Å². The first-order valence-electron chi connectivity index (χ1n) is 30.2. The molecule has 0 amide bonds. The maximum absolute atomic E-state index is 10.9. The molecule has 0 heterocycles. The minimum absolute atomic E-state index is 0.0816. The maximum Gasteiger partial charge on any atom is 0.597 e. The molecular weight excluding hydrogens is 1130 g/mol. The summed E-state index contributed by atoms with van der Waals surface area (Å²) >= 11 is 0. The lowest BCUT2D eigenvalue weighted by Crippen LogP contribution is -2.53. The summed E-state index contributed by atoms with van der Waals surface area (Å²) in [6.07, 6.45) is 13.1. The highest BCUT2D eigenvalue weighted by atomic mass is 32.3. The fraction of sp³-hybridized carbons (Fsp3) is 0.862. The van der Waals surface area contributed by atoms with Crippen LogP contribution in [0.1, 0.15) is 63.0 Å². The molecule has 0 aliphatic rings. The molecule has 495 valence electrons. The Morgan fingerprint density at radius 1 is 0.369 bits per heavy atom. The van der Waals surface area contributed by atoms with Crippen LogP contribution in [0, 0.1) is 0 Å². The topological polar surface area (TPSA) is 268 Å². The van der Waals surface area contributed by atoms with E-state index in [4.69, 9.17) is 94.7 Å². The number of ether oxygens (including phenoxy) is 20. The van der Waals surface area contributed by atoms with E-state index in [0.717, 1.165) is 18.6 Å². The highest BCUT2D eigenvalue weighted by Crippen LogP contribution is 2.23. The van der Waals surface area contributed by atoms with Crippen LogP contribution in [-0.4, -0.2) is 264 Å². The molecule has 0 fully saturated rings. The molecule has 0 aliphatic heterocycles. The third-order valence-corrected chi connectivity index (χ3v) is 12.1. The predicted octanol–water partition coefficient (Wildman–Crippen LogP) is 4.27. The summed E-state index contributed by atoms with van der Waals surface area (Å²) in [5, 5.41) is 0. The monoisotopic (exact) mass is 1240 g/mol. The van der Waals surface area contributed by atoms with Crippen molar-refractivity contribution in [2.75, 3.05) is 264 Å². The van der Waals surface area contributed by atoms with Crippen molar-refractivity contribution >= 4 is 10.8 Å². The summed E-state index contributed by atoms with van der Waals surface area (Å²) in [6.45, 7) is 23.9. The third kappa shape index (κ3) is 60.3. The second-order valence-electron chi connectivity index (χ2n) is 18.1. The number of quaternary nitrogens is 1. The van der Waals surface area contributed by atoms with Crippen molar-refractivity contribution in [1.82, 2.24) is 0 Å². The molecule has 1 aromatic carbocycles. The van der Waals surface area contributed by atoms with Gasteiger partial charge < -0.3 is 94.7 Å². The largest absolute Gasteiger partial charge is 0.597 e. The van der Waals surface area contributed by atoms with Crippen LogP contribution in [0.3, 0.4) is 0 Å². The molecular formula is C58H110NO24S+2. The molecule has 0 bridgehead atoms. The van der Waals surface area contributed by atoms with Crippen LogP contribution in [0.2, 0.25) is 0 Å². The van der Waals surface area contributed by atoms with E-state index in [0.29, 0.717) is 251 Å². The van der Waals surface area contributed by atoms with Gasteiger partial charge in [0.25, 0.3) is 0 Å². The highest BCUT2D eigenvalue weighted by Gasteiger charge is 2.35. The Labute approximate surface area is 503 Å². The van der Waals surface area contributed by atoms with Crippen LogP contribution >= 0.6 is 0 Å². The number of allylic oxidation sites excluding steroid dienone is 1. The summed E-state index contributed by atoms with van der Waals surface area (Å²) in [5.41, 5.74) is 2.55. The molecule has 0 aliphatic carbocycles. The third-order valence-electron chi connectivity index (χ3n) is 11.3. The van der Waals surface area contributed by atoms with Crippen molar-refractivity contribution in [3.8, 4) is 5.75 Å². The van der Waals surface area contributed by atoms with E-state index >= 15 is 0 Å². The lowest BCUT2D eigenvalue weighted by atomic mass is 10.0. The first-order valence-corrected chi connectivity index (χ1v) is 31.5. The molecule has 1 aromatic rings. The Hall–Kier alpha value is -2.01. The summed E-state index contributed by atoms with van der Waals surface area (Å²) in [5.74, 6) is 3.69. The molecule has 0 saturated heterocycles. The summed E-state index contributed by atoms with van der Waals surface area (Å²) in [7, 11) is -4.04. The molecule has 1 unspecified atom stereocenters. The average molecular weight is 1240 g/mol. The van der Waals surface area contributed by atoms with Gasteiger partial charge in [-0.25, -0.2) is 0 Å². The second kappa shape index (κ2) is 66.9. The molecule has 1 rings (SSSR count). The van der Waals surface area contributed by atoms with E-state index in [9.17, 15) is 8.76 Å². The lowest BCUT2D eigenvalue weighted by Gasteiger charge is -2.13. The van der Waals surface area contributed by atoms with Gasteiger partial charge in [0.15, 0.2) is 0 Å². The predicted molar refractivity (Wildman–Crippen MR) is 312 cm³/mol. The van der Waals surface area contributed by atoms with Crippen molar-refractivity contribution in [3.63, 3.8) is 0 Å². The molecule has 0 spiro atoms. The van der Waals surface area contributed by atoms with Gasteiger partial charge in [0.2, 0.25) is 0 Å². The van der Waals surface area contributed by atoms with E-state index in [1.54, 1.807) is 0 Å². The van der Waals surface area contributed by atoms with Crippen molar-refractivity contribution in [2.24, 2.45) is 0 Å². The molecule has 1 atom stereocenters. The quantitative estimate of drug-likeness (QED) is 0.0413. The van der Waals surface area contributed by atoms with Crippen molar-refractivity contribution < 1.29 is 118 Å². The number of hydrogen-bond donors (Lipinski definition) is 1. The van der Waals surface area contributed by atoms with Crippen molar-refractivity contribution in [2.45, 2.75) is 64.7 Å². The number of hydrogen-bond acceptors (Lipinski definition) is 23. The van der Waals surface area contributed by atoms with Crippen molar-refractivity contribution in [1.29, 1.82) is 0 Å². The number of aryl methyl sites for hydroxylation is 1. The Morgan fingerprint density at radius 2 is 0.619 bits per heavy atom. The van der Waals surface area contributed by atoms with E-state index in [-0.39, 0.29) is 13.2 Å². The first kappa shape index (κ1) is 80.0. The van der Waals surface area contributed by atoms with Gasteiger partial charge in [0.1, 0.15) is 23.5 Å². The van der Waals surface area contributed by atoms with E-state index < -0.39 is 10.8 Å². The minimum Gasteiger partial charge on any atom is -0.491 e. The van der Waals surface area contributed by atoms with Crippen LogP contribution in [-0.2, 0) is 131 Å². The first-order chi connectivity index (χ1) is 41.5. The van der Waals surface area contributed by atoms with Gasteiger partial charge in [-0.05, 0) is 36.5 Å². The van der Waals surface area contributed by atoms with Gasteiger partial charge in [-0.1, -0.05) is 63.7 Å². The molecule has 26 heteroatoms. The molecule has 0 saturated carbocycles. The maximum atomic E-state index is 10.9. The van der Waals surface area contributed by atoms with Gasteiger partial charge in [0.05, 0.1) is 255 Å². The Bertz CT molecular complexity index is 1530. The molecule has 0 aromatic heterocycles. The number of unbranched alkanes of at least 4 members (excludes halogenated alkanes) is 6. The van der Waals surface area contributed by atoms with Crippen LogP contribution in [0.5, 0.6) is 5.75 Å². The average Bonchev–Trinajstić information content (AvgIpc) is 3.50. The Balaban J connectivity index is 1.66. The van der Waals surface area contributed by atoms with Gasteiger partial charge in [-0.2, -0.15) is 5.90 Å². The zero-order valence-electron chi connectivity index (χ0n) is 51.1. The highest BCUT2D eigenvalue weighted by molar-refractivity contribution is 7.88. The molecule has 1 radical (unpaired) electrons. The van der Waals surface area contributed by atoms with Gasteiger partial charge in [0, 0.05) is 4.21 Å². The fourth-order valence-corrected chi connectivity index (χ4v) is 7.37. The normalized spacial score (nSPS) is 12.4. The molecule has 25 nitrogen and oxygen atoms in total. The SMILES string of the molecule is C=CCc1cc(CCCCCCCCC)ccc1OCCOCCOCCOCCOCCOCCOCCOCCOCCOCCOCCOCCOCCOCCOCCOCCOCCOCCOCCOCCO[S+]([O])(=O)O[NH3+]. The smallest absolute Gasteiger partial charge is 0.491 e. The van der Waals surface area contributed by atoms with Crippen molar-refractivity contribution in [3.05, 3.63) is 42.0 Å². The van der Waals surface area contributed by atoms with Crippen LogP contribution < -0.4 is 10.6 Å². The summed E-state index contributed by atoms with van der Waals surface area (Å²) in [4.78, 5) is 0. The van der Waals surface area contributed by atoms with Crippen LogP contribution in [0.25, 0.3) is 0 Å². The van der Waals surface area contributed by atoms with Crippen LogP contribution in [0.4, 0.5) is 0 Å². The molecule has 3 N–H and O–H groups in total. The summed E-state index contributed by atoms with van der Waals surface area (Å²) < 4.78 is 141. The zero-order chi connectivity index (χ0) is 60.3. The zero-order valence-corrected chi connectivity index (χ0v) is 51.9. The lowest BCUT2D eigenvalue weighted by molar-refractivity contribution is -0.640. The Kier molecular flexibility index (Phi) is 63.7. The van der Waals surface area contributed by atoms with E-state index in [2.05, 4.69) is 46.1 Å². The standard InChI is InChI=1S/C58H110NO24S/c1-3-5-6-7-8-9-10-12-56-13-14-58(57(55-56)11-4-2)81-53-51-79-49-47-77-45-43-75-41-39-73-37-35-71-33-31-69-29-27-67-25-23-65-21-19-63-17-15-62-16-18-64-20-22-66-24-26-68-28-30-70-32-34-72-36-38-74-40-42-76-44-46-78-48-50-80-52-54-82-84(60,61)83-59/h4,13-14,55H,2-3,5-12,15-54H2,1,59H3/q+2. The summed E-state index contributed by atoms with van der Waals surface area (Å²) in [6, 6.07) is 6.55. The Morgan fingerprint density at radius 3 is 0.881 bits per heavy atom. The van der Waals surface area contributed by atoms with E-state index in [1.165, 1.54) is 56.1 Å². The minimum atomic E-state index is -4.04. The van der Waals surface area contributed by atoms with Gasteiger partial charge in [-0.15, -0.1) is 10.8 Å².